The normalized spacial score (nSPS) is 6.53. The van der Waals surface area contributed by atoms with E-state index in [2.05, 4.69) is 20.0 Å². The fourth-order valence-electron chi connectivity index (χ4n) is 0.898. The molecule has 7 heteroatoms. The van der Waals surface area contributed by atoms with Gasteiger partial charge in [-0.2, -0.15) is 0 Å². The SMILES string of the molecule is COCOc1ccccc1CO.[C-]#[O+].[C-]#[O+].[C-]#[O+].[Cr]. The Hall–Kier alpha value is -1.31. The van der Waals surface area contributed by atoms with Crippen molar-refractivity contribution in [1.82, 2.24) is 0 Å². The fourth-order valence-corrected chi connectivity index (χ4v) is 0.898. The monoisotopic (exact) mass is 304 g/mol. The molecule has 0 heterocycles. The summed E-state index contributed by atoms with van der Waals surface area (Å²) < 4.78 is 32.4. The van der Waals surface area contributed by atoms with E-state index in [1.807, 2.05) is 18.2 Å². The van der Waals surface area contributed by atoms with Crippen LogP contribution in [0.1, 0.15) is 5.56 Å². The summed E-state index contributed by atoms with van der Waals surface area (Å²) in [5.74, 6) is 0.668. The van der Waals surface area contributed by atoms with E-state index in [4.69, 9.17) is 28.5 Å². The van der Waals surface area contributed by atoms with Crippen molar-refractivity contribution in [2.45, 2.75) is 6.61 Å². The number of hydrogen-bond donors (Lipinski definition) is 1. The van der Waals surface area contributed by atoms with Gasteiger partial charge < -0.3 is 14.6 Å². The van der Waals surface area contributed by atoms with Gasteiger partial charge in [-0.25, -0.2) is 0 Å². The Morgan fingerprint density at radius 3 is 1.95 bits per heavy atom. The molecule has 1 rings (SSSR count). The van der Waals surface area contributed by atoms with Crippen molar-refractivity contribution < 1.29 is 45.9 Å². The van der Waals surface area contributed by atoms with Crippen LogP contribution in [0.15, 0.2) is 24.3 Å². The van der Waals surface area contributed by atoms with Crippen LogP contribution in [-0.4, -0.2) is 19.0 Å². The van der Waals surface area contributed by atoms with Crippen molar-refractivity contribution in [3.8, 4) is 5.75 Å². The molecule has 0 aliphatic rings. The standard InChI is InChI=1S/C9H12O3.3CO.Cr/c1-11-7-12-9-5-3-2-4-8(9)6-10;3*1-2;/h2-5,10H,6-7H2,1H3;;;;. The van der Waals surface area contributed by atoms with Crippen LogP contribution >= 0.6 is 0 Å². The molecular weight excluding hydrogens is 292 g/mol. The first-order valence-corrected chi connectivity index (χ1v) is 4.30. The van der Waals surface area contributed by atoms with Crippen LogP contribution in [0.3, 0.4) is 0 Å². The molecule has 0 aliphatic carbocycles. The maximum absolute atomic E-state index is 8.90. The largest absolute Gasteiger partial charge is 0 e. The first-order chi connectivity index (χ1) is 8.88. The van der Waals surface area contributed by atoms with Crippen molar-refractivity contribution in [3.05, 3.63) is 49.8 Å². The summed E-state index contributed by atoms with van der Waals surface area (Å²) in [5, 5.41) is 8.90. The second-order valence-electron chi connectivity index (χ2n) is 2.32. The molecule has 19 heavy (non-hydrogen) atoms. The average molecular weight is 304 g/mol. The zero-order valence-electron chi connectivity index (χ0n) is 10.1. The van der Waals surface area contributed by atoms with Gasteiger partial charge in [0.1, 0.15) is 5.75 Å². The minimum absolute atomic E-state index is 0. The Kier molecular flexibility index (Phi) is 35.3. The van der Waals surface area contributed by atoms with E-state index in [0.717, 1.165) is 5.56 Å². The van der Waals surface area contributed by atoms with Crippen LogP contribution < -0.4 is 4.74 Å². The maximum atomic E-state index is 8.90. The third kappa shape index (κ3) is 14.6. The number of para-hydroxylation sites is 1. The van der Waals surface area contributed by atoms with Gasteiger partial charge in [-0.3, -0.25) is 0 Å². The van der Waals surface area contributed by atoms with Crippen molar-refractivity contribution >= 4 is 0 Å². The fraction of sp³-hybridized carbons (Fsp3) is 0.250. The molecule has 0 saturated carbocycles. The molecule has 0 radical (unpaired) electrons. The molecule has 0 unspecified atom stereocenters. The maximum Gasteiger partial charge on any atom is 0 e. The van der Waals surface area contributed by atoms with Crippen LogP contribution in [0.2, 0.25) is 0 Å². The molecule has 6 nitrogen and oxygen atoms in total. The first kappa shape index (κ1) is 26.3. The van der Waals surface area contributed by atoms with Gasteiger partial charge in [0, 0.05) is 30.0 Å². The van der Waals surface area contributed by atoms with Gasteiger partial charge in [0.2, 0.25) is 0 Å². The summed E-state index contributed by atoms with van der Waals surface area (Å²) in [7, 11) is 1.56. The number of ether oxygens (including phenoxy) is 2. The summed E-state index contributed by atoms with van der Waals surface area (Å²) in [6.07, 6.45) is 0. The number of hydrogen-bond acceptors (Lipinski definition) is 3. The Morgan fingerprint density at radius 2 is 1.53 bits per heavy atom. The summed E-state index contributed by atoms with van der Waals surface area (Å²) in [6.45, 7) is 13.7. The van der Waals surface area contributed by atoms with Crippen molar-refractivity contribution in [3.63, 3.8) is 0 Å². The summed E-state index contributed by atoms with van der Waals surface area (Å²) >= 11 is 0. The minimum Gasteiger partial charge on any atom is 0 e. The number of methoxy groups -OCH3 is 1. The van der Waals surface area contributed by atoms with E-state index in [0.29, 0.717) is 5.75 Å². The predicted octanol–water partition coefficient (Wildman–Crippen LogP) is 1.05. The van der Waals surface area contributed by atoms with E-state index >= 15 is 0 Å². The van der Waals surface area contributed by atoms with Crippen LogP contribution in [0, 0.1) is 20.0 Å². The van der Waals surface area contributed by atoms with E-state index in [-0.39, 0.29) is 30.8 Å². The van der Waals surface area contributed by atoms with E-state index in [1.54, 1.807) is 13.2 Å². The molecular formula is C12H12CrO6. The molecule has 0 aliphatic heterocycles. The van der Waals surface area contributed by atoms with E-state index in [9.17, 15) is 0 Å². The van der Waals surface area contributed by atoms with Crippen LogP contribution in [0.4, 0.5) is 0 Å². The van der Waals surface area contributed by atoms with Gasteiger partial charge in [0.15, 0.2) is 6.79 Å². The molecule has 0 fully saturated rings. The Labute approximate surface area is 122 Å². The Morgan fingerprint density at radius 1 is 1.05 bits per heavy atom. The molecule has 1 aromatic rings. The van der Waals surface area contributed by atoms with Gasteiger partial charge in [-0.15, -0.1) is 0 Å². The third-order valence-electron chi connectivity index (χ3n) is 1.48. The van der Waals surface area contributed by atoms with Crippen molar-refractivity contribution in [1.29, 1.82) is 0 Å². The number of aliphatic hydroxyl groups is 1. The second-order valence-corrected chi connectivity index (χ2v) is 2.32. The minimum atomic E-state index is -0.0140. The van der Waals surface area contributed by atoms with Crippen molar-refractivity contribution in [2.24, 2.45) is 0 Å². The van der Waals surface area contributed by atoms with Crippen molar-refractivity contribution in [2.75, 3.05) is 13.9 Å². The molecule has 0 aromatic heterocycles. The third-order valence-corrected chi connectivity index (χ3v) is 1.48. The predicted molar refractivity (Wildman–Crippen MR) is 56.7 cm³/mol. The molecule has 0 atom stereocenters. The molecule has 0 amide bonds. The van der Waals surface area contributed by atoms with Gasteiger partial charge >= 0.3 is 33.9 Å². The molecule has 1 aromatic carbocycles. The summed E-state index contributed by atoms with van der Waals surface area (Å²) in [6, 6.07) is 7.31. The summed E-state index contributed by atoms with van der Waals surface area (Å²) in [4.78, 5) is 0. The summed E-state index contributed by atoms with van der Waals surface area (Å²) in [5.41, 5.74) is 0.773. The van der Waals surface area contributed by atoms with Gasteiger partial charge in [-0.05, 0) is 6.07 Å². The quantitative estimate of drug-likeness (QED) is 0.511. The molecule has 1 N–H and O–H groups in total. The van der Waals surface area contributed by atoms with Crippen LogP contribution in [-0.2, 0) is 42.7 Å². The zero-order chi connectivity index (χ0) is 14.8. The number of rotatable bonds is 4. The Balaban J connectivity index is -0.000000142. The number of benzene rings is 1. The van der Waals surface area contributed by atoms with E-state index in [1.165, 1.54) is 0 Å². The van der Waals surface area contributed by atoms with Crippen LogP contribution in [0.25, 0.3) is 0 Å². The smallest absolute Gasteiger partial charge is 0 e. The Bertz CT molecular complexity index is 333. The molecule has 0 bridgehead atoms. The molecule has 0 saturated heterocycles. The topological polar surface area (TPSA) is 98.4 Å². The first-order valence-electron chi connectivity index (χ1n) is 4.30. The molecule has 102 valence electrons. The van der Waals surface area contributed by atoms with Crippen LogP contribution in [0.5, 0.6) is 5.75 Å². The molecule has 0 spiro atoms. The van der Waals surface area contributed by atoms with Gasteiger partial charge in [-0.1, -0.05) is 18.2 Å². The van der Waals surface area contributed by atoms with Gasteiger partial charge in [0.05, 0.1) is 6.61 Å². The van der Waals surface area contributed by atoms with E-state index < -0.39 is 0 Å². The average Bonchev–Trinajstić information content (AvgIpc) is 2.51. The van der Waals surface area contributed by atoms with Gasteiger partial charge in [0.25, 0.3) is 0 Å². The zero-order valence-corrected chi connectivity index (χ0v) is 11.4. The number of aliphatic hydroxyl groups excluding tert-OH is 1. The second kappa shape index (κ2) is 25.5.